The molecular formula is C24H20N2O7S. The summed E-state index contributed by atoms with van der Waals surface area (Å²) in [6.45, 7) is 0. The molecule has 4 rings (SSSR count). The number of nitrogens with two attached hydrogens (primary N) is 1. The van der Waals surface area contributed by atoms with Crippen molar-refractivity contribution in [3.8, 4) is 11.5 Å². The van der Waals surface area contributed by atoms with Crippen LogP contribution in [0.1, 0.15) is 17.0 Å². The molecule has 174 valence electrons. The largest absolute Gasteiger partial charge is 0.508 e. The van der Waals surface area contributed by atoms with Crippen LogP contribution in [0.3, 0.4) is 0 Å². The monoisotopic (exact) mass is 480 g/mol. The van der Waals surface area contributed by atoms with Crippen LogP contribution in [-0.2, 0) is 19.1 Å². The first-order valence-electron chi connectivity index (χ1n) is 9.99. The zero-order valence-corrected chi connectivity index (χ0v) is 19.0. The third-order valence-electron chi connectivity index (χ3n) is 5.38. The van der Waals surface area contributed by atoms with Crippen molar-refractivity contribution in [1.82, 2.24) is 4.57 Å². The Bertz CT molecular complexity index is 1500. The molecule has 0 aliphatic carbocycles. The van der Waals surface area contributed by atoms with E-state index in [4.69, 9.17) is 15.2 Å². The lowest BCUT2D eigenvalue weighted by Gasteiger charge is -2.26. The number of carbonyl (C=O) groups excluding carboxylic acids is 2. The van der Waals surface area contributed by atoms with Gasteiger partial charge in [0.2, 0.25) is 0 Å². The number of carbonyl (C=O) groups is 2. The number of hydrogen-bond donors (Lipinski definition) is 3. The van der Waals surface area contributed by atoms with E-state index >= 15 is 0 Å². The van der Waals surface area contributed by atoms with E-state index in [0.29, 0.717) is 11.1 Å². The number of fused-ring (bicyclic) bond motifs is 1. The summed E-state index contributed by atoms with van der Waals surface area (Å²) < 4.78 is 11.5. The van der Waals surface area contributed by atoms with Crippen molar-refractivity contribution >= 4 is 40.7 Å². The van der Waals surface area contributed by atoms with Crippen molar-refractivity contribution in [3.63, 3.8) is 0 Å². The summed E-state index contributed by atoms with van der Waals surface area (Å²) in [4.78, 5) is 39.1. The van der Waals surface area contributed by atoms with Crippen LogP contribution in [0.5, 0.6) is 11.5 Å². The van der Waals surface area contributed by atoms with E-state index in [9.17, 15) is 24.6 Å². The Morgan fingerprint density at radius 3 is 2.03 bits per heavy atom. The van der Waals surface area contributed by atoms with Gasteiger partial charge in [0, 0.05) is 0 Å². The second kappa shape index (κ2) is 8.91. The fraction of sp³-hybridized carbons (Fsp3) is 0.125. The van der Waals surface area contributed by atoms with Crippen LogP contribution in [0.4, 0.5) is 0 Å². The summed E-state index contributed by atoms with van der Waals surface area (Å²) in [5.74, 6) is -2.66. The molecule has 0 fully saturated rings. The maximum Gasteiger partial charge on any atom is 0.338 e. The van der Waals surface area contributed by atoms with E-state index in [1.54, 1.807) is 30.3 Å². The van der Waals surface area contributed by atoms with Gasteiger partial charge in [0.25, 0.3) is 5.56 Å². The maximum absolute atomic E-state index is 13.3. The average Bonchev–Trinajstić information content (AvgIpc) is 3.15. The summed E-state index contributed by atoms with van der Waals surface area (Å²) in [6, 6.07) is 12.1. The summed E-state index contributed by atoms with van der Waals surface area (Å²) in [5, 5.41) is 19.2. The minimum Gasteiger partial charge on any atom is -0.508 e. The van der Waals surface area contributed by atoms with Gasteiger partial charge in [0.05, 0.1) is 35.8 Å². The van der Waals surface area contributed by atoms with Gasteiger partial charge in [-0.1, -0.05) is 24.3 Å². The van der Waals surface area contributed by atoms with Crippen molar-refractivity contribution in [3.05, 3.63) is 84.8 Å². The molecule has 2 heterocycles. The van der Waals surface area contributed by atoms with Gasteiger partial charge < -0.3 is 25.4 Å². The van der Waals surface area contributed by atoms with Gasteiger partial charge in [-0.05, 0) is 41.5 Å². The van der Waals surface area contributed by atoms with E-state index in [1.165, 1.54) is 38.5 Å². The Kier molecular flexibility index (Phi) is 5.99. The number of methoxy groups -OCH3 is 2. The number of aromatic nitrogens is 1. The number of phenolic OH excluding ortho intramolecular Hbond substituents is 2. The van der Waals surface area contributed by atoms with Crippen LogP contribution in [0.15, 0.2) is 58.9 Å². The Morgan fingerprint density at radius 1 is 0.941 bits per heavy atom. The molecule has 2 aromatic carbocycles. The molecule has 1 aliphatic heterocycles. The molecule has 9 nitrogen and oxygen atoms in total. The fourth-order valence-electron chi connectivity index (χ4n) is 3.79. The highest BCUT2D eigenvalue weighted by molar-refractivity contribution is 7.07. The molecule has 1 unspecified atom stereocenters. The molecule has 1 aromatic heterocycles. The number of hydrogen-bond acceptors (Lipinski definition) is 9. The highest BCUT2D eigenvalue weighted by Gasteiger charge is 2.39. The van der Waals surface area contributed by atoms with Gasteiger partial charge in [0.15, 0.2) is 0 Å². The number of aromatic hydroxyl groups is 2. The molecular weight excluding hydrogens is 460 g/mol. The minimum atomic E-state index is -1.000. The summed E-state index contributed by atoms with van der Waals surface area (Å²) in [7, 11) is 2.37. The molecule has 0 radical (unpaired) electrons. The van der Waals surface area contributed by atoms with E-state index in [0.717, 1.165) is 15.9 Å². The number of thiazole rings is 1. The standard InChI is InChI=1S/C24H20N2O7S/c1-32-23(30)18-17(13-5-9-15(28)10-6-13)19(24(31)33-2)22-26(20(18)25)21(29)16(34-22)11-12-3-7-14(27)8-4-12/h3-11,17,27-28H,25H2,1-2H3/b16-11-. The lowest BCUT2D eigenvalue weighted by Crippen LogP contribution is -2.41. The van der Waals surface area contributed by atoms with Crippen molar-refractivity contribution in [2.24, 2.45) is 5.73 Å². The first kappa shape index (κ1) is 22.9. The number of nitrogens with zero attached hydrogens (tertiary/aromatic N) is 1. The van der Waals surface area contributed by atoms with Gasteiger partial charge in [-0.2, -0.15) is 0 Å². The molecule has 1 atom stereocenters. The first-order chi connectivity index (χ1) is 16.3. The predicted octanol–water partition coefficient (Wildman–Crippen LogP) is 0.571. The summed E-state index contributed by atoms with van der Waals surface area (Å²) in [5.41, 5.74) is 6.86. The zero-order valence-electron chi connectivity index (χ0n) is 18.1. The lowest BCUT2D eigenvalue weighted by molar-refractivity contribution is -0.136. The van der Waals surface area contributed by atoms with E-state index in [-0.39, 0.29) is 37.7 Å². The summed E-state index contributed by atoms with van der Waals surface area (Å²) >= 11 is 1.02. The van der Waals surface area contributed by atoms with Crippen molar-refractivity contribution in [2.75, 3.05) is 14.2 Å². The molecule has 34 heavy (non-hydrogen) atoms. The lowest BCUT2D eigenvalue weighted by atomic mass is 9.83. The topological polar surface area (TPSA) is 141 Å². The van der Waals surface area contributed by atoms with Gasteiger partial charge in [-0.3, -0.25) is 9.36 Å². The number of ether oxygens (including phenoxy) is 2. The number of benzene rings is 2. The van der Waals surface area contributed by atoms with Crippen molar-refractivity contribution in [2.45, 2.75) is 5.92 Å². The molecule has 0 bridgehead atoms. The Labute approximate surface area is 196 Å². The first-order valence-corrected chi connectivity index (χ1v) is 10.8. The van der Waals surface area contributed by atoms with Crippen LogP contribution < -0.4 is 20.5 Å². The van der Waals surface area contributed by atoms with Gasteiger partial charge in [-0.25, -0.2) is 9.59 Å². The molecule has 0 amide bonds. The van der Waals surface area contributed by atoms with Crippen molar-refractivity contribution in [1.29, 1.82) is 0 Å². The maximum atomic E-state index is 13.3. The normalized spacial score (nSPS) is 15.8. The van der Waals surface area contributed by atoms with Crippen LogP contribution in [0.25, 0.3) is 17.5 Å². The smallest absolute Gasteiger partial charge is 0.338 e. The number of phenols is 2. The highest BCUT2D eigenvalue weighted by Crippen LogP contribution is 2.38. The van der Waals surface area contributed by atoms with Gasteiger partial charge in [-0.15, -0.1) is 11.3 Å². The second-order valence-electron chi connectivity index (χ2n) is 7.37. The van der Waals surface area contributed by atoms with Crippen LogP contribution in [0.2, 0.25) is 0 Å². The molecule has 0 saturated carbocycles. The molecule has 1 aliphatic rings. The second-order valence-corrected chi connectivity index (χ2v) is 8.40. The quantitative estimate of drug-likeness (QED) is 0.461. The third kappa shape index (κ3) is 3.84. The highest BCUT2D eigenvalue weighted by atomic mass is 32.1. The molecule has 3 aromatic rings. The van der Waals surface area contributed by atoms with E-state index in [1.807, 2.05) is 0 Å². The molecule has 4 N–H and O–H groups in total. The Hall–Kier alpha value is -4.31. The molecule has 0 spiro atoms. The van der Waals surface area contributed by atoms with Crippen LogP contribution >= 0.6 is 11.3 Å². The van der Waals surface area contributed by atoms with Crippen LogP contribution in [-0.4, -0.2) is 40.9 Å². The Balaban J connectivity index is 2.11. The van der Waals surface area contributed by atoms with E-state index < -0.39 is 23.4 Å². The summed E-state index contributed by atoms with van der Waals surface area (Å²) in [6.07, 6.45) is 1.59. The molecule has 10 heteroatoms. The van der Waals surface area contributed by atoms with Gasteiger partial charge >= 0.3 is 11.9 Å². The van der Waals surface area contributed by atoms with Crippen molar-refractivity contribution < 1.29 is 29.3 Å². The predicted molar refractivity (Wildman–Crippen MR) is 125 cm³/mol. The van der Waals surface area contributed by atoms with Crippen LogP contribution in [0, 0.1) is 0 Å². The minimum absolute atomic E-state index is 0.00503. The number of rotatable bonds is 4. The zero-order chi connectivity index (χ0) is 24.6. The fourth-order valence-corrected chi connectivity index (χ4v) is 4.95. The third-order valence-corrected chi connectivity index (χ3v) is 6.48. The van der Waals surface area contributed by atoms with E-state index in [2.05, 4.69) is 0 Å². The SMILES string of the molecule is COC(=O)C1=C(N)n2c(s/c(=C\c3ccc(O)cc3)c2=O)=C(C(=O)OC)C1c1ccc(O)cc1. The Morgan fingerprint density at radius 2 is 1.47 bits per heavy atom. The average molecular weight is 480 g/mol. The van der Waals surface area contributed by atoms with Gasteiger partial charge in [0.1, 0.15) is 22.0 Å². The number of esters is 2. The molecule has 0 saturated heterocycles.